The minimum atomic E-state index is 0.271. The largest absolute Gasteiger partial charge is 0.325 e. The van der Waals surface area contributed by atoms with Crippen LogP contribution in [-0.2, 0) is 0 Å². The minimum Gasteiger partial charge on any atom is -0.325 e. The average molecular weight is 155 g/mol. The first kappa shape index (κ1) is 6.22. The zero-order valence-corrected chi connectivity index (χ0v) is 6.64. The third-order valence-electron chi connectivity index (χ3n) is 2.00. The number of thiocarbonyl (C=S) groups is 1. The second-order valence-corrected chi connectivity index (χ2v) is 3.23. The highest BCUT2D eigenvalue weighted by atomic mass is 32.1. The molecule has 0 spiro atoms. The van der Waals surface area contributed by atoms with E-state index in [9.17, 15) is 0 Å². The minimum absolute atomic E-state index is 0.271. The standard InChI is InChI=1S/C6H9N3S/c1-9-5(4-2-3-4)7-8-6(9)10/h4-5H,2-3H2,1H3. The summed E-state index contributed by atoms with van der Waals surface area (Å²) in [6.07, 6.45) is 2.85. The monoisotopic (exact) mass is 155 g/mol. The van der Waals surface area contributed by atoms with Gasteiger partial charge in [0.05, 0.1) is 0 Å². The van der Waals surface area contributed by atoms with E-state index in [0.29, 0.717) is 5.11 Å². The fraction of sp³-hybridized carbons (Fsp3) is 0.833. The van der Waals surface area contributed by atoms with Crippen molar-refractivity contribution in [2.75, 3.05) is 7.05 Å². The van der Waals surface area contributed by atoms with Gasteiger partial charge in [0.2, 0.25) is 5.11 Å². The van der Waals surface area contributed by atoms with Crippen LogP contribution < -0.4 is 0 Å². The van der Waals surface area contributed by atoms with Gasteiger partial charge in [-0.3, -0.25) is 0 Å². The lowest BCUT2D eigenvalue weighted by molar-refractivity contribution is 0.361. The molecule has 1 unspecified atom stereocenters. The molecule has 0 amide bonds. The van der Waals surface area contributed by atoms with Crippen LogP contribution in [0.25, 0.3) is 0 Å². The van der Waals surface area contributed by atoms with Gasteiger partial charge in [0.15, 0.2) is 0 Å². The van der Waals surface area contributed by atoms with Gasteiger partial charge in [-0.05, 0) is 25.1 Å². The van der Waals surface area contributed by atoms with E-state index in [0.717, 1.165) is 5.92 Å². The normalized spacial score (nSPS) is 31.9. The van der Waals surface area contributed by atoms with Gasteiger partial charge in [-0.25, -0.2) is 0 Å². The molecule has 4 heteroatoms. The highest BCUT2D eigenvalue weighted by Gasteiger charge is 2.37. The van der Waals surface area contributed by atoms with Crippen molar-refractivity contribution in [3.63, 3.8) is 0 Å². The molecule has 0 bridgehead atoms. The lowest BCUT2D eigenvalue weighted by atomic mass is 10.3. The molecular weight excluding hydrogens is 146 g/mol. The third kappa shape index (κ3) is 0.831. The molecule has 1 fully saturated rings. The maximum absolute atomic E-state index is 4.93. The smallest absolute Gasteiger partial charge is 0.217 e. The van der Waals surface area contributed by atoms with Gasteiger partial charge < -0.3 is 4.90 Å². The van der Waals surface area contributed by atoms with E-state index in [1.165, 1.54) is 12.8 Å². The molecule has 0 aromatic carbocycles. The molecule has 2 rings (SSSR count). The molecule has 0 N–H and O–H groups in total. The van der Waals surface area contributed by atoms with E-state index >= 15 is 0 Å². The second-order valence-electron chi connectivity index (χ2n) is 2.86. The predicted octanol–water partition coefficient (Wildman–Crippen LogP) is 1.41. The van der Waals surface area contributed by atoms with Crippen molar-refractivity contribution in [1.82, 2.24) is 4.90 Å². The summed E-state index contributed by atoms with van der Waals surface area (Å²) in [6, 6.07) is 0. The van der Waals surface area contributed by atoms with Crippen LogP contribution in [0.4, 0.5) is 0 Å². The molecule has 0 radical (unpaired) electrons. The number of hydrogen-bond acceptors (Lipinski definition) is 2. The van der Waals surface area contributed by atoms with Gasteiger partial charge in [-0.2, -0.15) is 5.11 Å². The fourth-order valence-corrected chi connectivity index (χ4v) is 1.33. The highest BCUT2D eigenvalue weighted by molar-refractivity contribution is 7.80. The van der Waals surface area contributed by atoms with Gasteiger partial charge >= 0.3 is 0 Å². The van der Waals surface area contributed by atoms with Crippen LogP contribution in [0.3, 0.4) is 0 Å². The Kier molecular flexibility index (Phi) is 1.23. The molecule has 2 aliphatic rings. The van der Waals surface area contributed by atoms with Crippen LogP contribution in [0, 0.1) is 5.92 Å². The van der Waals surface area contributed by atoms with Crippen molar-refractivity contribution in [2.24, 2.45) is 16.1 Å². The lowest BCUT2D eigenvalue weighted by Crippen LogP contribution is -2.29. The Hall–Kier alpha value is -0.510. The van der Waals surface area contributed by atoms with Gasteiger partial charge in [0.25, 0.3) is 0 Å². The molecule has 1 saturated carbocycles. The molecule has 1 aliphatic heterocycles. The zero-order valence-electron chi connectivity index (χ0n) is 5.82. The number of rotatable bonds is 1. The number of nitrogens with zero attached hydrogens (tertiary/aromatic N) is 3. The van der Waals surface area contributed by atoms with Crippen molar-refractivity contribution in [2.45, 2.75) is 19.0 Å². The first-order valence-corrected chi connectivity index (χ1v) is 3.87. The Balaban J connectivity index is 2.10. The molecule has 1 heterocycles. The Morgan fingerprint density at radius 2 is 2.30 bits per heavy atom. The van der Waals surface area contributed by atoms with Crippen molar-refractivity contribution >= 4 is 17.3 Å². The number of azo groups is 1. The third-order valence-corrected chi connectivity index (χ3v) is 2.37. The van der Waals surface area contributed by atoms with Gasteiger partial charge in [-0.15, -0.1) is 5.11 Å². The zero-order chi connectivity index (χ0) is 7.14. The Bertz CT molecular complexity index is 197. The van der Waals surface area contributed by atoms with Crippen molar-refractivity contribution in [1.29, 1.82) is 0 Å². The summed E-state index contributed by atoms with van der Waals surface area (Å²) in [5.41, 5.74) is 0. The van der Waals surface area contributed by atoms with Crippen molar-refractivity contribution in [3.05, 3.63) is 0 Å². The molecule has 3 nitrogen and oxygen atoms in total. The molecule has 0 aromatic heterocycles. The lowest BCUT2D eigenvalue weighted by Gasteiger charge is -2.15. The summed E-state index contributed by atoms with van der Waals surface area (Å²) >= 11 is 4.93. The Morgan fingerprint density at radius 3 is 2.70 bits per heavy atom. The molecular formula is C6H9N3S. The predicted molar refractivity (Wildman–Crippen MR) is 41.7 cm³/mol. The summed E-state index contributed by atoms with van der Waals surface area (Å²) in [5.74, 6) is 0.731. The van der Waals surface area contributed by atoms with E-state index in [-0.39, 0.29) is 6.17 Å². The molecule has 0 aromatic rings. The average Bonchev–Trinajstić information content (AvgIpc) is 2.67. The molecule has 1 aliphatic carbocycles. The van der Waals surface area contributed by atoms with Crippen LogP contribution in [0.2, 0.25) is 0 Å². The van der Waals surface area contributed by atoms with E-state index in [2.05, 4.69) is 10.2 Å². The van der Waals surface area contributed by atoms with Crippen LogP contribution in [0.5, 0.6) is 0 Å². The van der Waals surface area contributed by atoms with Crippen molar-refractivity contribution in [3.8, 4) is 0 Å². The van der Waals surface area contributed by atoms with E-state index in [1.54, 1.807) is 0 Å². The van der Waals surface area contributed by atoms with Gasteiger partial charge in [-0.1, -0.05) is 0 Å². The SMILES string of the molecule is CN1C(=S)N=NC1C1CC1. The number of hydrogen-bond donors (Lipinski definition) is 0. The topological polar surface area (TPSA) is 28.0 Å². The van der Waals surface area contributed by atoms with E-state index < -0.39 is 0 Å². The molecule has 0 saturated heterocycles. The maximum Gasteiger partial charge on any atom is 0.217 e. The first-order valence-electron chi connectivity index (χ1n) is 3.46. The first-order chi connectivity index (χ1) is 4.79. The van der Waals surface area contributed by atoms with Crippen LogP contribution in [0.15, 0.2) is 10.2 Å². The summed E-state index contributed by atoms with van der Waals surface area (Å²) in [6.45, 7) is 0. The van der Waals surface area contributed by atoms with Gasteiger partial charge in [0.1, 0.15) is 6.17 Å². The van der Waals surface area contributed by atoms with Crippen LogP contribution in [-0.4, -0.2) is 23.2 Å². The molecule has 54 valence electrons. The summed E-state index contributed by atoms with van der Waals surface area (Å²) < 4.78 is 0. The summed E-state index contributed by atoms with van der Waals surface area (Å²) in [7, 11) is 1.96. The summed E-state index contributed by atoms with van der Waals surface area (Å²) in [5, 5.41) is 8.55. The quantitative estimate of drug-likeness (QED) is 0.535. The van der Waals surface area contributed by atoms with Crippen LogP contribution in [0.1, 0.15) is 12.8 Å². The fourth-order valence-electron chi connectivity index (χ4n) is 1.17. The van der Waals surface area contributed by atoms with E-state index in [4.69, 9.17) is 12.2 Å². The van der Waals surface area contributed by atoms with Crippen molar-refractivity contribution < 1.29 is 0 Å². The highest BCUT2D eigenvalue weighted by Crippen LogP contribution is 2.37. The molecule has 1 atom stereocenters. The molecule has 10 heavy (non-hydrogen) atoms. The Morgan fingerprint density at radius 1 is 1.60 bits per heavy atom. The second kappa shape index (κ2) is 1.99. The maximum atomic E-state index is 4.93. The van der Waals surface area contributed by atoms with Crippen LogP contribution >= 0.6 is 12.2 Å². The summed E-state index contributed by atoms with van der Waals surface area (Å²) in [4.78, 5) is 1.98. The van der Waals surface area contributed by atoms with Gasteiger partial charge in [0, 0.05) is 13.0 Å². The Labute approximate surface area is 65.1 Å². The van der Waals surface area contributed by atoms with E-state index in [1.807, 2.05) is 11.9 Å².